The number of nitrogens with two attached hydrogens (primary N) is 1. The normalized spacial score (nSPS) is 12.0. The van der Waals surface area contributed by atoms with Gasteiger partial charge in [-0.15, -0.1) is 13.2 Å². The second-order valence-electron chi connectivity index (χ2n) is 3.20. The molecule has 0 bridgehead atoms. The number of ether oxygens (including phenoxy) is 1. The highest BCUT2D eigenvalue weighted by Gasteiger charge is 2.34. The molecule has 18 heavy (non-hydrogen) atoms. The van der Waals surface area contributed by atoms with E-state index in [0.29, 0.717) is 0 Å². The number of alkyl halides is 5. The van der Waals surface area contributed by atoms with E-state index in [1.54, 1.807) is 0 Å². The summed E-state index contributed by atoms with van der Waals surface area (Å²) in [6.07, 6.45) is -8.16. The van der Waals surface area contributed by atoms with Crippen LogP contribution in [0.15, 0.2) is 6.07 Å². The Morgan fingerprint density at radius 3 is 2.39 bits per heavy atom. The molecule has 0 aromatic carbocycles. The number of nitrogens with zero attached hydrogens (tertiary/aromatic N) is 1. The first-order valence-electron chi connectivity index (χ1n) is 4.66. The van der Waals surface area contributed by atoms with Crippen molar-refractivity contribution >= 4 is 0 Å². The number of hydrogen-bond donors (Lipinski definition) is 2. The summed E-state index contributed by atoms with van der Waals surface area (Å²) in [6, 6.07) is 0.788. The Labute approximate surface area is 98.2 Å². The minimum absolute atomic E-state index is 0.179. The fourth-order valence-corrected chi connectivity index (χ4v) is 1.29. The van der Waals surface area contributed by atoms with Gasteiger partial charge in [-0.2, -0.15) is 0 Å². The zero-order valence-electron chi connectivity index (χ0n) is 8.84. The van der Waals surface area contributed by atoms with Crippen molar-refractivity contribution < 1.29 is 31.8 Å². The summed E-state index contributed by atoms with van der Waals surface area (Å²) in [7, 11) is 0. The van der Waals surface area contributed by atoms with Crippen molar-refractivity contribution in [2.45, 2.75) is 25.9 Å². The Kier molecular flexibility index (Phi) is 4.41. The Hall–Kier alpha value is -1.48. The van der Waals surface area contributed by atoms with Crippen LogP contribution in [0.1, 0.15) is 23.2 Å². The molecule has 1 aromatic heterocycles. The van der Waals surface area contributed by atoms with Crippen LogP contribution in [0.4, 0.5) is 22.0 Å². The van der Waals surface area contributed by atoms with E-state index in [4.69, 9.17) is 10.8 Å². The molecule has 9 heteroatoms. The summed E-state index contributed by atoms with van der Waals surface area (Å²) in [4.78, 5) is 3.05. The van der Waals surface area contributed by atoms with Crippen LogP contribution < -0.4 is 10.5 Å². The van der Waals surface area contributed by atoms with Gasteiger partial charge in [-0.3, -0.25) is 0 Å². The van der Waals surface area contributed by atoms with Crippen molar-refractivity contribution in [1.29, 1.82) is 0 Å². The van der Waals surface area contributed by atoms with Crippen molar-refractivity contribution in [2.75, 3.05) is 0 Å². The number of hydrogen-bond acceptors (Lipinski definition) is 4. The Balaban J connectivity index is 3.31. The minimum Gasteiger partial charge on any atom is -0.392 e. The lowest BCUT2D eigenvalue weighted by Crippen LogP contribution is -2.21. The molecule has 1 rings (SSSR count). The van der Waals surface area contributed by atoms with Crippen LogP contribution in [0.5, 0.6) is 5.88 Å². The van der Waals surface area contributed by atoms with Crippen molar-refractivity contribution in [2.24, 2.45) is 5.73 Å². The third kappa shape index (κ3) is 3.50. The van der Waals surface area contributed by atoms with Crippen molar-refractivity contribution in [3.63, 3.8) is 0 Å². The van der Waals surface area contributed by atoms with Gasteiger partial charge in [0, 0.05) is 12.1 Å². The molecule has 1 aromatic rings. The molecule has 3 N–H and O–H groups in total. The maximum atomic E-state index is 12.4. The second kappa shape index (κ2) is 5.44. The fraction of sp³-hybridized carbons (Fsp3) is 0.444. The second-order valence-corrected chi connectivity index (χ2v) is 3.20. The highest BCUT2D eigenvalue weighted by Crippen LogP contribution is 2.30. The average Bonchev–Trinajstić information content (AvgIpc) is 2.25. The van der Waals surface area contributed by atoms with E-state index in [0.717, 1.165) is 6.07 Å². The first-order valence-corrected chi connectivity index (χ1v) is 4.66. The number of pyridine rings is 1. The monoisotopic (exact) mass is 272 g/mol. The molecule has 0 aliphatic carbocycles. The first-order chi connectivity index (χ1) is 8.28. The Morgan fingerprint density at radius 2 is 2.00 bits per heavy atom. The van der Waals surface area contributed by atoms with Gasteiger partial charge in [0.1, 0.15) is 5.69 Å². The maximum Gasteiger partial charge on any atom is 0.574 e. The van der Waals surface area contributed by atoms with Crippen molar-refractivity contribution in [3.05, 3.63) is 22.9 Å². The van der Waals surface area contributed by atoms with E-state index in [2.05, 4.69) is 9.72 Å². The van der Waals surface area contributed by atoms with Gasteiger partial charge in [0.05, 0.1) is 6.61 Å². The largest absolute Gasteiger partial charge is 0.574 e. The van der Waals surface area contributed by atoms with Gasteiger partial charge in [-0.1, -0.05) is 0 Å². The third-order valence-electron chi connectivity index (χ3n) is 2.01. The number of rotatable bonds is 4. The molecule has 0 atom stereocenters. The van der Waals surface area contributed by atoms with Gasteiger partial charge < -0.3 is 15.6 Å². The summed E-state index contributed by atoms with van der Waals surface area (Å²) in [5.74, 6) is -1.06. The quantitative estimate of drug-likeness (QED) is 0.821. The molecular weight excluding hydrogens is 263 g/mol. The predicted molar refractivity (Wildman–Crippen MR) is 49.7 cm³/mol. The summed E-state index contributed by atoms with van der Waals surface area (Å²) < 4.78 is 64.6. The summed E-state index contributed by atoms with van der Waals surface area (Å²) in [6.45, 7) is -1.18. The highest BCUT2D eigenvalue weighted by molar-refractivity contribution is 5.37. The Bertz CT molecular complexity index is 422. The van der Waals surface area contributed by atoms with Crippen LogP contribution in [0.3, 0.4) is 0 Å². The molecule has 0 radical (unpaired) electrons. The summed E-state index contributed by atoms with van der Waals surface area (Å²) in [5.41, 5.74) is 3.82. The third-order valence-corrected chi connectivity index (χ3v) is 2.01. The fourth-order valence-electron chi connectivity index (χ4n) is 1.29. The van der Waals surface area contributed by atoms with Crippen LogP contribution in [0.2, 0.25) is 0 Å². The molecule has 0 aliphatic rings. The van der Waals surface area contributed by atoms with Gasteiger partial charge in [0.2, 0.25) is 5.88 Å². The molecule has 1 heterocycles. The standard InChI is InChI=1S/C9H9F5N2O2/c10-7(11)6-1-4(3-17)5(2-15)8(16-6)18-9(12,13)14/h1,7,17H,2-3,15H2. The van der Waals surface area contributed by atoms with E-state index in [1.165, 1.54) is 0 Å². The molecule has 0 aliphatic heterocycles. The smallest absolute Gasteiger partial charge is 0.392 e. The number of aliphatic hydroxyl groups is 1. The summed E-state index contributed by atoms with van der Waals surface area (Å²) >= 11 is 0. The van der Waals surface area contributed by atoms with Crippen molar-refractivity contribution in [3.8, 4) is 5.88 Å². The van der Waals surface area contributed by atoms with Crippen LogP contribution in [0, 0.1) is 0 Å². The highest BCUT2D eigenvalue weighted by atomic mass is 19.4. The topological polar surface area (TPSA) is 68.4 Å². The first kappa shape index (κ1) is 14.6. The van der Waals surface area contributed by atoms with Gasteiger partial charge in [0.25, 0.3) is 6.43 Å². The van der Waals surface area contributed by atoms with Crippen molar-refractivity contribution in [1.82, 2.24) is 4.98 Å². The van der Waals surface area contributed by atoms with Gasteiger partial charge in [-0.05, 0) is 11.6 Å². The van der Waals surface area contributed by atoms with Gasteiger partial charge in [-0.25, -0.2) is 13.8 Å². The SMILES string of the molecule is NCc1c(CO)cc(C(F)F)nc1OC(F)(F)F. The van der Waals surface area contributed by atoms with Crippen LogP contribution >= 0.6 is 0 Å². The zero-order chi connectivity index (χ0) is 13.9. The number of aliphatic hydroxyl groups excluding tert-OH is 1. The summed E-state index contributed by atoms with van der Waals surface area (Å²) in [5, 5.41) is 8.91. The lowest BCUT2D eigenvalue weighted by atomic mass is 10.1. The Morgan fingerprint density at radius 1 is 1.39 bits per heavy atom. The molecule has 0 unspecified atom stereocenters. The molecule has 0 fully saturated rings. The average molecular weight is 272 g/mol. The maximum absolute atomic E-state index is 12.4. The molecule has 0 spiro atoms. The van der Waals surface area contributed by atoms with E-state index >= 15 is 0 Å². The number of aromatic nitrogens is 1. The predicted octanol–water partition coefficient (Wildman–Crippen LogP) is 1.87. The van der Waals surface area contributed by atoms with E-state index in [-0.39, 0.29) is 11.1 Å². The van der Waals surface area contributed by atoms with E-state index in [1.807, 2.05) is 0 Å². The van der Waals surface area contributed by atoms with Gasteiger partial charge >= 0.3 is 6.36 Å². The van der Waals surface area contributed by atoms with E-state index < -0.39 is 37.5 Å². The minimum atomic E-state index is -5.08. The molecule has 4 nitrogen and oxygen atoms in total. The van der Waals surface area contributed by atoms with E-state index in [9.17, 15) is 22.0 Å². The molecule has 0 saturated carbocycles. The van der Waals surface area contributed by atoms with Crippen LogP contribution in [0.25, 0.3) is 0 Å². The van der Waals surface area contributed by atoms with Gasteiger partial charge in [0.15, 0.2) is 0 Å². The van der Waals surface area contributed by atoms with Crippen LogP contribution in [-0.2, 0) is 13.2 Å². The number of halogens is 5. The zero-order valence-corrected chi connectivity index (χ0v) is 8.84. The molecular formula is C9H9F5N2O2. The molecule has 102 valence electrons. The van der Waals surface area contributed by atoms with Crippen LogP contribution in [-0.4, -0.2) is 16.5 Å². The lowest BCUT2D eigenvalue weighted by Gasteiger charge is -2.15. The molecule has 0 saturated heterocycles. The lowest BCUT2D eigenvalue weighted by molar-refractivity contribution is -0.276. The molecule has 0 amide bonds.